The van der Waals surface area contributed by atoms with E-state index in [2.05, 4.69) is 44.8 Å². The van der Waals surface area contributed by atoms with Crippen LogP contribution in [0.4, 0.5) is 0 Å². The Hall–Kier alpha value is -1.24. The smallest absolute Gasteiger partial charge is 0.0488 e. The second-order valence-corrected chi connectivity index (χ2v) is 3.73. The fraction of sp³-hybridized carbons (Fsp3) is 0.250. The van der Waals surface area contributed by atoms with Gasteiger partial charge in [0.1, 0.15) is 0 Å². The molecule has 1 N–H and O–H groups in total. The lowest BCUT2D eigenvalue weighted by Gasteiger charge is -1.99. The van der Waals surface area contributed by atoms with Crippen LogP contribution in [0.25, 0.3) is 10.9 Å². The minimum atomic E-state index is 1.13. The van der Waals surface area contributed by atoms with Gasteiger partial charge >= 0.3 is 0 Å². The van der Waals surface area contributed by atoms with Crippen LogP contribution in [0, 0.1) is 27.7 Å². The maximum atomic E-state index is 4.06. The Morgan fingerprint density at radius 1 is 1.15 bits per heavy atom. The van der Waals surface area contributed by atoms with Crippen LogP contribution >= 0.6 is 0 Å². The Bertz CT molecular complexity index is 463. The molecule has 0 saturated heterocycles. The number of rotatable bonds is 0. The van der Waals surface area contributed by atoms with Crippen LogP contribution in [0.15, 0.2) is 12.1 Å². The molecule has 1 radical (unpaired) electrons. The normalized spacial score (nSPS) is 11.1. The number of aryl methyl sites for hydroxylation is 3. The summed E-state index contributed by atoms with van der Waals surface area (Å²) in [4.78, 5) is 3.36. The van der Waals surface area contributed by atoms with E-state index in [1.54, 1.807) is 0 Å². The maximum Gasteiger partial charge on any atom is 0.0488 e. The fourth-order valence-corrected chi connectivity index (χ4v) is 1.84. The predicted octanol–water partition coefficient (Wildman–Crippen LogP) is 3.28. The van der Waals surface area contributed by atoms with Gasteiger partial charge < -0.3 is 4.98 Å². The summed E-state index contributed by atoms with van der Waals surface area (Å²) in [6, 6.07) is 4.38. The van der Waals surface area contributed by atoms with Crippen molar-refractivity contribution >= 4 is 10.9 Å². The Kier molecular flexibility index (Phi) is 1.69. The first-order valence-electron chi connectivity index (χ1n) is 4.51. The summed E-state index contributed by atoms with van der Waals surface area (Å²) in [5.74, 6) is 0. The van der Waals surface area contributed by atoms with E-state index in [4.69, 9.17) is 0 Å². The Balaban J connectivity index is 2.94. The monoisotopic (exact) mass is 172 g/mol. The highest BCUT2D eigenvalue weighted by molar-refractivity contribution is 5.88. The van der Waals surface area contributed by atoms with Gasteiger partial charge in [0, 0.05) is 16.6 Å². The van der Waals surface area contributed by atoms with Crippen molar-refractivity contribution in [3.8, 4) is 0 Å². The first-order chi connectivity index (χ1) is 6.09. The van der Waals surface area contributed by atoms with Gasteiger partial charge in [-0.25, -0.2) is 0 Å². The molecule has 1 heteroatoms. The van der Waals surface area contributed by atoms with E-state index in [1.165, 1.54) is 27.7 Å². The molecule has 0 bridgehead atoms. The van der Waals surface area contributed by atoms with Gasteiger partial charge in [-0.05, 0) is 44.9 Å². The summed E-state index contributed by atoms with van der Waals surface area (Å²) in [6.45, 7) is 10.4. The standard InChI is InChI=1S/C12H14N/c1-7-5-8(2)12-11(6-7)9(3)10(4)13-12/h5-6,13H,3H2,1-2,4H3. The van der Waals surface area contributed by atoms with E-state index < -0.39 is 0 Å². The largest absolute Gasteiger partial charge is 0.358 e. The van der Waals surface area contributed by atoms with E-state index in [-0.39, 0.29) is 0 Å². The van der Waals surface area contributed by atoms with E-state index in [9.17, 15) is 0 Å². The van der Waals surface area contributed by atoms with E-state index >= 15 is 0 Å². The molecule has 0 aliphatic carbocycles. The average molecular weight is 172 g/mol. The molecule has 2 aromatic rings. The topological polar surface area (TPSA) is 15.8 Å². The third-order valence-corrected chi connectivity index (χ3v) is 2.57. The number of aromatic amines is 1. The maximum absolute atomic E-state index is 4.06. The van der Waals surface area contributed by atoms with Crippen molar-refractivity contribution in [2.75, 3.05) is 0 Å². The minimum absolute atomic E-state index is 1.13. The lowest BCUT2D eigenvalue weighted by molar-refractivity contribution is 1.27. The van der Waals surface area contributed by atoms with Crippen molar-refractivity contribution in [3.05, 3.63) is 41.4 Å². The molecule has 0 fully saturated rings. The molecule has 0 saturated carbocycles. The number of H-pyrrole nitrogens is 1. The molecule has 0 atom stereocenters. The molecule has 1 aromatic carbocycles. The molecule has 0 aliphatic rings. The summed E-state index contributed by atoms with van der Waals surface area (Å²) in [5, 5.41) is 1.26. The van der Waals surface area contributed by atoms with Crippen molar-refractivity contribution in [2.24, 2.45) is 0 Å². The van der Waals surface area contributed by atoms with Crippen molar-refractivity contribution in [3.63, 3.8) is 0 Å². The van der Waals surface area contributed by atoms with Crippen LogP contribution < -0.4 is 0 Å². The van der Waals surface area contributed by atoms with Gasteiger partial charge in [0.05, 0.1) is 0 Å². The van der Waals surface area contributed by atoms with Crippen molar-refractivity contribution in [1.29, 1.82) is 0 Å². The summed E-state index contributed by atoms with van der Waals surface area (Å²) in [5.41, 5.74) is 6.13. The van der Waals surface area contributed by atoms with E-state index in [0.717, 1.165) is 5.56 Å². The van der Waals surface area contributed by atoms with Gasteiger partial charge in [-0.1, -0.05) is 11.6 Å². The summed E-state index contributed by atoms with van der Waals surface area (Å²) in [6.07, 6.45) is 0. The first kappa shape index (κ1) is 8.36. The third-order valence-electron chi connectivity index (χ3n) is 2.57. The van der Waals surface area contributed by atoms with Crippen LogP contribution in [0.5, 0.6) is 0 Å². The Morgan fingerprint density at radius 3 is 2.54 bits per heavy atom. The van der Waals surface area contributed by atoms with Crippen molar-refractivity contribution < 1.29 is 0 Å². The zero-order valence-corrected chi connectivity index (χ0v) is 8.36. The average Bonchev–Trinajstić information content (AvgIpc) is 2.32. The molecule has 1 aromatic heterocycles. The molecular formula is C12H14N. The number of hydrogen-bond donors (Lipinski definition) is 1. The minimum Gasteiger partial charge on any atom is -0.358 e. The van der Waals surface area contributed by atoms with Crippen LogP contribution in [0.1, 0.15) is 22.4 Å². The van der Waals surface area contributed by atoms with Crippen LogP contribution in [0.3, 0.4) is 0 Å². The molecule has 0 amide bonds. The molecule has 1 nitrogen and oxygen atoms in total. The highest BCUT2D eigenvalue weighted by atomic mass is 14.7. The Morgan fingerprint density at radius 2 is 1.85 bits per heavy atom. The molecule has 13 heavy (non-hydrogen) atoms. The second kappa shape index (κ2) is 2.63. The zero-order valence-electron chi connectivity index (χ0n) is 8.36. The van der Waals surface area contributed by atoms with Crippen molar-refractivity contribution in [2.45, 2.75) is 20.8 Å². The van der Waals surface area contributed by atoms with Gasteiger partial charge in [0.25, 0.3) is 0 Å². The fourth-order valence-electron chi connectivity index (χ4n) is 1.84. The number of hydrogen-bond acceptors (Lipinski definition) is 0. The molecular weight excluding hydrogens is 158 g/mol. The zero-order chi connectivity index (χ0) is 9.59. The molecule has 0 spiro atoms. The quantitative estimate of drug-likeness (QED) is 0.627. The highest BCUT2D eigenvalue weighted by Gasteiger charge is 2.06. The lowest BCUT2D eigenvalue weighted by Crippen LogP contribution is -1.79. The van der Waals surface area contributed by atoms with E-state index in [0.29, 0.717) is 0 Å². The van der Waals surface area contributed by atoms with Crippen molar-refractivity contribution in [1.82, 2.24) is 4.98 Å². The van der Waals surface area contributed by atoms with Crippen LogP contribution in [0.2, 0.25) is 0 Å². The SMILES string of the molecule is [CH2]c1c(C)[nH]c2c(C)cc(C)cc12. The van der Waals surface area contributed by atoms with Gasteiger partial charge in [0.15, 0.2) is 0 Å². The molecule has 1 heterocycles. The van der Waals surface area contributed by atoms with Gasteiger partial charge in [-0.2, -0.15) is 0 Å². The number of fused-ring (bicyclic) bond motifs is 1. The van der Waals surface area contributed by atoms with Gasteiger partial charge in [-0.15, -0.1) is 0 Å². The molecule has 0 unspecified atom stereocenters. The van der Waals surface area contributed by atoms with E-state index in [1.807, 2.05) is 0 Å². The predicted molar refractivity (Wildman–Crippen MR) is 57.0 cm³/mol. The number of benzene rings is 1. The molecule has 67 valence electrons. The summed E-state index contributed by atoms with van der Waals surface area (Å²) in [7, 11) is 0. The third kappa shape index (κ3) is 1.15. The van der Waals surface area contributed by atoms with Crippen LogP contribution in [-0.2, 0) is 0 Å². The number of aromatic nitrogens is 1. The second-order valence-electron chi connectivity index (χ2n) is 3.73. The summed E-state index contributed by atoms with van der Waals surface area (Å²) < 4.78 is 0. The van der Waals surface area contributed by atoms with Gasteiger partial charge in [0.2, 0.25) is 0 Å². The van der Waals surface area contributed by atoms with Gasteiger partial charge in [-0.3, -0.25) is 0 Å². The molecule has 0 aliphatic heterocycles. The first-order valence-corrected chi connectivity index (χ1v) is 4.51. The number of nitrogens with one attached hydrogen (secondary N) is 1. The highest BCUT2D eigenvalue weighted by Crippen LogP contribution is 2.25. The lowest BCUT2D eigenvalue weighted by atomic mass is 10.1. The molecule has 2 rings (SSSR count). The Labute approximate surface area is 78.8 Å². The van der Waals surface area contributed by atoms with Crippen LogP contribution in [-0.4, -0.2) is 4.98 Å². The summed E-state index contributed by atoms with van der Waals surface area (Å²) >= 11 is 0.